The molecule has 4 rings (SSSR count). The van der Waals surface area contributed by atoms with Crippen LogP contribution in [0.2, 0.25) is 0 Å². The molecule has 0 spiro atoms. The summed E-state index contributed by atoms with van der Waals surface area (Å²) in [6.07, 6.45) is 6.32. The van der Waals surface area contributed by atoms with E-state index in [4.69, 9.17) is 4.52 Å². The van der Waals surface area contributed by atoms with Crippen LogP contribution in [0.5, 0.6) is 0 Å². The molecule has 1 fully saturated rings. The minimum absolute atomic E-state index is 0.516. The molecule has 0 atom stereocenters. The molecule has 8 heteroatoms. The number of aromatic nitrogens is 5. The molecule has 2 aromatic heterocycles. The van der Waals surface area contributed by atoms with Crippen molar-refractivity contribution in [3.05, 3.63) is 40.5 Å². The van der Waals surface area contributed by atoms with Crippen molar-refractivity contribution in [2.75, 3.05) is 0 Å². The fourth-order valence-corrected chi connectivity index (χ4v) is 4.52. The maximum Gasteiger partial charge on any atom is 0.237 e. The molecule has 0 unspecified atom stereocenters. The molecule has 0 saturated heterocycles. The lowest BCUT2D eigenvalue weighted by Crippen LogP contribution is -2.15. The van der Waals surface area contributed by atoms with E-state index in [2.05, 4.69) is 40.8 Å². The smallest absolute Gasteiger partial charge is 0.237 e. The maximum atomic E-state index is 5.41. The summed E-state index contributed by atoms with van der Waals surface area (Å²) >= 11 is 5.04. The topological polar surface area (TPSA) is 69.6 Å². The van der Waals surface area contributed by atoms with Crippen LogP contribution in [0.3, 0.4) is 0 Å². The van der Waals surface area contributed by atoms with Gasteiger partial charge in [-0.15, -0.1) is 10.2 Å². The highest BCUT2D eigenvalue weighted by Gasteiger charge is 2.22. The van der Waals surface area contributed by atoms with Crippen LogP contribution in [0.15, 0.2) is 38.4 Å². The summed E-state index contributed by atoms with van der Waals surface area (Å²) in [5.74, 6) is 2.79. The summed E-state index contributed by atoms with van der Waals surface area (Å²) in [6.45, 7) is 2.03. The van der Waals surface area contributed by atoms with Gasteiger partial charge in [0.05, 0.1) is 5.75 Å². The largest absolute Gasteiger partial charge is 0.338 e. The van der Waals surface area contributed by atoms with Gasteiger partial charge in [-0.2, -0.15) is 4.98 Å². The van der Waals surface area contributed by atoms with Gasteiger partial charge in [-0.25, -0.2) is 0 Å². The molecule has 2 heterocycles. The highest BCUT2D eigenvalue weighted by molar-refractivity contribution is 9.10. The molecule has 0 aliphatic heterocycles. The number of hydrogen-bond donors (Lipinski definition) is 0. The molecule has 136 valence electrons. The lowest BCUT2D eigenvalue weighted by molar-refractivity contribution is 0.331. The van der Waals surface area contributed by atoms with Crippen molar-refractivity contribution in [2.24, 2.45) is 0 Å². The monoisotopic (exact) mass is 433 g/mol. The Morgan fingerprint density at radius 1 is 1.15 bits per heavy atom. The van der Waals surface area contributed by atoms with Gasteiger partial charge in [0.1, 0.15) is 5.82 Å². The van der Waals surface area contributed by atoms with Crippen LogP contribution in [0.4, 0.5) is 0 Å². The first-order valence-electron chi connectivity index (χ1n) is 8.83. The molecular weight excluding hydrogens is 414 g/mol. The number of halogens is 1. The summed E-state index contributed by atoms with van der Waals surface area (Å²) in [5, 5.41) is 13.7. The lowest BCUT2D eigenvalue weighted by Gasteiger charge is -2.24. The summed E-state index contributed by atoms with van der Waals surface area (Å²) < 4.78 is 8.73. The van der Waals surface area contributed by atoms with Gasteiger partial charge in [0.2, 0.25) is 11.7 Å². The Balaban J connectivity index is 1.46. The van der Waals surface area contributed by atoms with E-state index in [0.717, 1.165) is 21.0 Å². The van der Waals surface area contributed by atoms with Gasteiger partial charge < -0.3 is 9.09 Å². The first kappa shape index (κ1) is 17.7. The molecule has 1 saturated carbocycles. The zero-order valence-electron chi connectivity index (χ0n) is 14.6. The average molecular weight is 434 g/mol. The molecule has 6 nitrogen and oxygen atoms in total. The summed E-state index contributed by atoms with van der Waals surface area (Å²) in [6, 6.07) is 8.39. The fourth-order valence-electron chi connectivity index (χ4n) is 3.36. The molecule has 1 aliphatic rings. The van der Waals surface area contributed by atoms with Gasteiger partial charge in [-0.05, 0) is 44.0 Å². The van der Waals surface area contributed by atoms with E-state index < -0.39 is 0 Å². The van der Waals surface area contributed by atoms with E-state index in [1.807, 2.05) is 31.2 Å². The van der Waals surface area contributed by atoms with E-state index in [9.17, 15) is 0 Å². The lowest BCUT2D eigenvalue weighted by atomic mass is 9.95. The maximum absolute atomic E-state index is 5.41. The molecule has 1 aliphatic carbocycles. The van der Waals surface area contributed by atoms with Crippen LogP contribution >= 0.6 is 27.7 Å². The number of rotatable bonds is 5. The van der Waals surface area contributed by atoms with Crippen LogP contribution in [-0.4, -0.2) is 24.9 Å². The molecule has 0 N–H and O–H groups in total. The predicted molar refractivity (Wildman–Crippen MR) is 104 cm³/mol. The number of hydrogen-bond acceptors (Lipinski definition) is 6. The van der Waals surface area contributed by atoms with Crippen molar-refractivity contribution in [3.8, 4) is 11.4 Å². The molecular formula is C18H20BrN5OS. The van der Waals surface area contributed by atoms with E-state index >= 15 is 0 Å². The normalized spacial score (nSPS) is 15.5. The average Bonchev–Trinajstić information content (AvgIpc) is 3.28. The van der Waals surface area contributed by atoms with Gasteiger partial charge in [0.15, 0.2) is 5.16 Å². The predicted octanol–water partition coefficient (Wildman–Crippen LogP) is 5.20. The second kappa shape index (κ2) is 7.92. The van der Waals surface area contributed by atoms with Gasteiger partial charge in [0.25, 0.3) is 0 Å². The van der Waals surface area contributed by atoms with Crippen molar-refractivity contribution < 1.29 is 4.52 Å². The van der Waals surface area contributed by atoms with Gasteiger partial charge in [-0.3, -0.25) is 0 Å². The summed E-state index contributed by atoms with van der Waals surface area (Å²) in [4.78, 5) is 4.50. The van der Waals surface area contributed by atoms with E-state index in [-0.39, 0.29) is 0 Å². The van der Waals surface area contributed by atoms with Crippen LogP contribution in [0, 0.1) is 6.92 Å². The van der Waals surface area contributed by atoms with Crippen molar-refractivity contribution in [2.45, 2.75) is 56.0 Å². The first-order chi connectivity index (χ1) is 12.7. The highest BCUT2D eigenvalue weighted by atomic mass is 79.9. The molecule has 0 radical (unpaired) electrons. The minimum Gasteiger partial charge on any atom is -0.338 e. The summed E-state index contributed by atoms with van der Waals surface area (Å²) in [7, 11) is 0. The Morgan fingerprint density at radius 3 is 2.69 bits per heavy atom. The van der Waals surface area contributed by atoms with Gasteiger partial charge >= 0.3 is 0 Å². The number of thioether (sulfide) groups is 1. The first-order valence-corrected chi connectivity index (χ1v) is 10.6. The summed E-state index contributed by atoms with van der Waals surface area (Å²) in [5.41, 5.74) is 0.939. The number of benzene rings is 1. The van der Waals surface area contributed by atoms with Crippen molar-refractivity contribution >= 4 is 27.7 Å². The van der Waals surface area contributed by atoms with Crippen molar-refractivity contribution in [1.29, 1.82) is 0 Å². The SMILES string of the molecule is Cc1nnc(SCc2nc(-c3ccc(Br)cc3)no2)n1C1CCCCC1. The molecule has 0 bridgehead atoms. The second-order valence-corrected chi connectivity index (χ2v) is 8.36. The molecule has 0 amide bonds. The number of nitrogens with zero attached hydrogens (tertiary/aromatic N) is 5. The third-order valence-corrected chi connectivity index (χ3v) is 6.13. The zero-order chi connectivity index (χ0) is 17.9. The Labute approximate surface area is 164 Å². The number of aryl methyl sites for hydroxylation is 1. The molecule has 26 heavy (non-hydrogen) atoms. The quantitative estimate of drug-likeness (QED) is 0.515. The molecule has 3 aromatic rings. The standard InChI is InChI=1S/C18H20BrN5OS/c1-12-21-22-18(24(12)15-5-3-2-4-6-15)26-11-16-20-17(23-25-16)13-7-9-14(19)10-8-13/h7-10,15H,2-6,11H2,1H3. The van der Waals surface area contributed by atoms with Crippen molar-refractivity contribution in [1.82, 2.24) is 24.9 Å². The van der Waals surface area contributed by atoms with Gasteiger partial charge in [-0.1, -0.05) is 52.1 Å². The second-order valence-electron chi connectivity index (χ2n) is 6.50. The van der Waals surface area contributed by atoms with Crippen LogP contribution in [-0.2, 0) is 5.75 Å². The Morgan fingerprint density at radius 2 is 1.92 bits per heavy atom. The Kier molecular flexibility index (Phi) is 5.40. The van der Waals surface area contributed by atoms with E-state index in [1.54, 1.807) is 11.8 Å². The highest BCUT2D eigenvalue weighted by Crippen LogP contribution is 2.33. The van der Waals surface area contributed by atoms with E-state index in [0.29, 0.717) is 23.5 Å². The Hall–Kier alpha value is -1.67. The fraction of sp³-hybridized carbons (Fsp3) is 0.444. The third-order valence-electron chi connectivity index (χ3n) is 4.67. The van der Waals surface area contributed by atoms with Crippen LogP contribution in [0.25, 0.3) is 11.4 Å². The van der Waals surface area contributed by atoms with Crippen LogP contribution in [0.1, 0.15) is 49.9 Å². The van der Waals surface area contributed by atoms with Crippen LogP contribution < -0.4 is 0 Å². The molecule has 1 aromatic carbocycles. The Bertz CT molecular complexity index is 870. The van der Waals surface area contributed by atoms with Gasteiger partial charge in [0, 0.05) is 16.1 Å². The zero-order valence-corrected chi connectivity index (χ0v) is 17.0. The third kappa shape index (κ3) is 3.86. The van der Waals surface area contributed by atoms with Crippen molar-refractivity contribution in [3.63, 3.8) is 0 Å². The minimum atomic E-state index is 0.516. The van der Waals surface area contributed by atoms with E-state index in [1.165, 1.54) is 32.1 Å².